The lowest BCUT2D eigenvalue weighted by molar-refractivity contribution is -0.00518. The summed E-state index contributed by atoms with van der Waals surface area (Å²) in [5.41, 5.74) is 21.6. The molecule has 16 rings (SSSR count). The van der Waals surface area contributed by atoms with Crippen molar-refractivity contribution in [2.45, 2.75) is 49.4 Å². The van der Waals surface area contributed by atoms with Gasteiger partial charge < -0.3 is 4.57 Å². The number of fused-ring (bicyclic) bond motifs is 6. The summed E-state index contributed by atoms with van der Waals surface area (Å²) in [5.74, 6) is 2.72. The Labute approximate surface area is 422 Å². The number of para-hydroxylation sites is 1. The van der Waals surface area contributed by atoms with Gasteiger partial charge >= 0.3 is 0 Å². The minimum Gasteiger partial charge on any atom is -0.309 e. The molecule has 72 heavy (non-hydrogen) atoms. The van der Waals surface area contributed by atoms with Gasteiger partial charge in [-0.1, -0.05) is 194 Å². The van der Waals surface area contributed by atoms with Gasteiger partial charge in [0.05, 0.1) is 27.8 Å². The molecule has 9 aromatic carbocycles. The van der Waals surface area contributed by atoms with Crippen molar-refractivity contribution in [1.29, 1.82) is 0 Å². The lowest BCUT2D eigenvalue weighted by Crippen LogP contribution is -2.48. The van der Waals surface area contributed by atoms with Crippen LogP contribution in [0.2, 0.25) is 0 Å². The molecule has 11 aromatic rings. The van der Waals surface area contributed by atoms with Crippen LogP contribution >= 0.6 is 0 Å². The average molecular weight is 923 g/mol. The van der Waals surface area contributed by atoms with Gasteiger partial charge in [-0.2, -0.15) is 0 Å². The first-order valence-electron chi connectivity index (χ1n) is 26.3. The molecule has 344 valence electrons. The van der Waals surface area contributed by atoms with Crippen molar-refractivity contribution in [3.8, 4) is 61.6 Å². The molecule has 0 saturated heterocycles. The molecule has 2 heteroatoms. The van der Waals surface area contributed by atoms with Crippen LogP contribution in [0.3, 0.4) is 0 Å². The van der Waals surface area contributed by atoms with Crippen molar-refractivity contribution in [1.82, 2.24) is 9.55 Å². The van der Waals surface area contributed by atoms with Gasteiger partial charge in [-0.3, -0.25) is 0 Å². The second-order valence-electron chi connectivity index (χ2n) is 21.7. The van der Waals surface area contributed by atoms with Crippen molar-refractivity contribution in [2.75, 3.05) is 0 Å². The van der Waals surface area contributed by atoms with Gasteiger partial charge in [0.1, 0.15) is 0 Å². The van der Waals surface area contributed by atoms with E-state index in [9.17, 15) is 0 Å². The maximum absolute atomic E-state index is 5.65. The maximum atomic E-state index is 5.65. The third-order valence-electron chi connectivity index (χ3n) is 17.7. The summed E-state index contributed by atoms with van der Waals surface area (Å²) in [6, 6.07) is 88.5. The Kier molecular flexibility index (Phi) is 9.40. The molecule has 2 heterocycles. The standard InChI is InChI=1S/C70H54N2/c1-4-14-49(15-5-1)50-26-32-58(33-27-50)72-67-23-13-11-21-61(67)62-35-29-53(42-68(62)72)66-41-54(40-65(71-66)51-24-30-55(31-25-51)69-43-46-36-47(44-69)38-48(37-46)45-69)52-28-34-60-59-20-10-12-22-63(59)70(64(60)39-52,56-16-6-2-7-17-56)57-18-8-3-9-19-57/h1-35,39-42,46-48H,36-38,43-45H2. The van der Waals surface area contributed by atoms with Crippen molar-refractivity contribution in [2.24, 2.45) is 17.8 Å². The predicted molar refractivity (Wildman–Crippen MR) is 297 cm³/mol. The first-order chi connectivity index (χ1) is 35.6. The second kappa shape index (κ2) is 16.2. The van der Waals surface area contributed by atoms with Crippen LogP contribution in [0.1, 0.15) is 66.3 Å². The Balaban J connectivity index is 0.913. The van der Waals surface area contributed by atoms with Crippen LogP contribution in [-0.4, -0.2) is 9.55 Å². The lowest BCUT2D eigenvalue weighted by Gasteiger charge is -2.57. The molecule has 0 N–H and O–H groups in total. The van der Waals surface area contributed by atoms with E-state index < -0.39 is 5.41 Å². The number of pyridine rings is 1. The van der Waals surface area contributed by atoms with Gasteiger partial charge in [-0.25, -0.2) is 4.98 Å². The van der Waals surface area contributed by atoms with Crippen LogP contribution in [0.5, 0.6) is 0 Å². The second-order valence-corrected chi connectivity index (χ2v) is 21.7. The highest BCUT2D eigenvalue weighted by Crippen LogP contribution is 2.61. The van der Waals surface area contributed by atoms with E-state index in [1.54, 1.807) is 5.56 Å². The zero-order valence-corrected chi connectivity index (χ0v) is 40.4. The fourth-order valence-corrected chi connectivity index (χ4v) is 14.9. The average Bonchev–Trinajstić information content (AvgIpc) is 3.94. The van der Waals surface area contributed by atoms with E-state index in [-0.39, 0.29) is 0 Å². The number of hydrogen-bond acceptors (Lipinski definition) is 1. The molecule has 5 aliphatic rings. The quantitative estimate of drug-likeness (QED) is 0.148. The van der Waals surface area contributed by atoms with E-state index in [1.165, 1.54) is 110 Å². The summed E-state index contributed by atoms with van der Waals surface area (Å²) in [6.45, 7) is 0. The molecule has 5 aliphatic carbocycles. The largest absolute Gasteiger partial charge is 0.309 e. The number of nitrogens with zero attached hydrogens (tertiary/aromatic N) is 2. The molecular weight excluding hydrogens is 869 g/mol. The van der Waals surface area contributed by atoms with E-state index >= 15 is 0 Å². The Bertz CT molecular complexity index is 3790. The van der Waals surface area contributed by atoms with Crippen molar-refractivity contribution < 1.29 is 0 Å². The molecule has 0 amide bonds. The number of rotatable bonds is 8. The van der Waals surface area contributed by atoms with Crippen LogP contribution in [0.4, 0.5) is 0 Å². The van der Waals surface area contributed by atoms with E-state index in [4.69, 9.17) is 4.98 Å². The Hall–Kier alpha value is -8.07. The Morgan fingerprint density at radius 3 is 1.57 bits per heavy atom. The van der Waals surface area contributed by atoms with Crippen LogP contribution in [0.25, 0.3) is 83.4 Å². The molecule has 4 fully saturated rings. The topological polar surface area (TPSA) is 17.8 Å². The molecule has 4 bridgehead atoms. The fourth-order valence-electron chi connectivity index (χ4n) is 14.9. The van der Waals surface area contributed by atoms with Crippen LogP contribution in [0, 0.1) is 17.8 Å². The van der Waals surface area contributed by atoms with Crippen molar-refractivity contribution in [3.63, 3.8) is 0 Å². The van der Waals surface area contributed by atoms with Gasteiger partial charge in [-0.15, -0.1) is 0 Å². The van der Waals surface area contributed by atoms with Crippen molar-refractivity contribution >= 4 is 21.8 Å². The first-order valence-corrected chi connectivity index (χ1v) is 26.3. The highest BCUT2D eigenvalue weighted by molar-refractivity contribution is 6.10. The molecule has 0 unspecified atom stereocenters. The van der Waals surface area contributed by atoms with Gasteiger partial charge in [0.15, 0.2) is 0 Å². The SMILES string of the molecule is c1ccc(-c2ccc(-n3c4ccccc4c4ccc(-c5cc(-c6ccc7c(c6)C(c6ccccc6)(c6ccccc6)c6ccccc6-7)cc(-c6ccc(C78CC9CC(CC(C9)C7)C8)cc6)n5)cc43)cc2)cc1. The summed E-state index contributed by atoms with van der Waals surface area (Å²) in [7, 11) is 0. The third-order valence-corrected chi connectivity index (χ3v) is 17.7. The Morgan fingerprint density at radius 1 is 0.347 bits per heavy atom. The Morgan fingerprint density at radius 2 is 0.875 bits per heavy atom. The molecule has 2 nitrogen and oxygen atoms in total. The minimum absolute atomic E-state index is 0.343. The molecule has 0 atom stereocenters. The summed E-state index contributed by atoms with van der Waals surface area (Å²) in [5, 5.41) is 2.47. The molecule has 0 spiro atoms. The molecular formula is C70H54N2. The normalized spacial score (nSPS) is 20.2. The first kappa shape index (κ1) is 41.7. The fraction of sp³-hybridized carbons (Fsp3) is 0.157. The lowest BCUT2D eigenvalue weighted by atomic mass is 9.48. The number of benzene rings is 9. The van der Waals surface area contributed by atoms with E-state index in [0.717, 1.165) is 51.5 Å². The van der Waals surface area contributed by atoms with E-state index in [1.807, 2.05) is 0 Å². The highest BCUT2D eigenvalue weighted by atomic mass is 15.0. The molecule has 0 aliphatic heterocycles. The summed E-state index contributed by atoms with van der Waals surface area (Å²) in [6.07, 6.45) is 8.45. The van der Waals surface area contributed by atoms with Crippen LogP contribution in [0.15, 0.2) is 237 Å². The van der Waals surface area contributed by atoms with E-state index in [2.05, 4.69) is 241 Å². The third kappa shape index (κ3) is 6.44. The molecule has 4 saturated carbocycles. The van der Waals surface area contributed by atoms with Crippen molar-refractivity contribution in [3.05, 3.63) is 264 Å². The zero-order chi connectivity index (χ0) is 47.4. The molecule has 2 aromatic heterocycles. The van der Waals surface area contributed by atoms with Crippen LogP contribution in [-0.2, 0) is 10.8 Å². The number of aromatic nitrogens is 2. The molecule has 0 radical (unpaired) electrons. The minimum atomic E-state index is -0.492. The van der Waals surface area contributed by atoms with Gasteiger partial charge in [-0.05, 0) is 165 Å². The summed E-state index contributed by atoms with van der Waals surface area (Å²) in [4.78, 5) is 5.65. The summed E-state index contributed by atoms with van der Waals surface area (Å²) >= 11 is 0. The van der Waals surface area contributed by atoms with Gasteiger partial charge in [0.2, 0.25) is 0 Å². The highest BCUT2D eigenvalue weighted by Gasteiger charge is 2.51. The summed E-state index contributed by atoms with van der Waals surface area (Å²) < 4.78 is 2.43. The van der Waals surface area contributed by atoms with Gasteiger partial charge in [0, 0.05) is 27.6 Å². The van der Waals surface area contributed by atoms with E-state index in [0.29, 0.717) is 5.41 Å². The van der Waals surface area contributed by atoms with Gasteiger partial charge in [0.25, 0.3) is 0 Å². The predicted octanol–water partition coefficient (Wildman–Crippen LogP) is 17.7. The number of hydrogen-bond donors (Lipinski definition) is 0. The van der Waals surface area contributed by atoms with Crippen LogP contribution < -0.4 is 0 Å². The zero-order valence-electron chi connectivity index (χ0n) is 40.4. The monoisotopic (exact) mass is 922 g/mol. The smallest absolute Gasteiger partial charge is 0.0716 e. The maximum Gasteiger partial charge on any atom is 0.0716 e.